The minimum absolute atomic E-state index is 0. The summed E-state index contributed by atoms with van der Waals surface area (Å²) in [4.78, 5) is 0. The normalized spacial score (nSPS) is 11.8. The van der Waals surface area contributed by atoms with Gasteiger partial charge in [0.05, 0.1) is 38.8 Å². The number of fused-ring (bicyclic) bond motifs is 9. The van der Waals surface area contributed by atoms with Gasteiger partial charge in [-0.15, -0.1) is 0 Å². The second-order valence-electron chi connectivity index (χ2n) is 10.1. The maximum Gasteiger partial charge on any atom is 0.159 e. The summed E-state index contributed by atoms with van der Waals surface area (Å²) in [6.45, 7) is 0. The molecule has 0 N–H and O–H groups in total. The van der Waals surface area contributed by atoms with Crippen molar-refractivity contribution in [2.24, 2.45) is 0 Å². The molecule has 3 aromatic heterocycles. The first-order valence-corrected chi connectivity index (χ1v) is 13.3. The van der Waals surface area contributed by atoms with Gasteiger partial charge in [0.25, 0.3) is 0 Å². The van der Waals surface area contributed by atoms with Crippen molar-refractivity contribution in [2.45, 2.75) is 0 Å². The third-order valence-corrected chi connectivity index (χ3v) is 8.12. The number of benzene rings is 6. The van der Waals surface area contributed by atoms with E-state index in [9.17, 15) is 0 Å². The average Bonchev–Trinajstić information content (AvgIpc) is 3.65. The summed E-state index contributed by atoms with van der Waals surface area (Å²) in [5.74, 6) is 0. The van der Waals surface area contributed by atoms with E-state index in [4.69, 9.17) is 4.42 Å². The number of nitrogens with zero attached hydrogens (tertiary/aromatic N) is 2. The number of para-hydroxylation sites is 5. The number of aromatic nitrogens is 2. The van der Waals surface area contributed by atoms with E-state index in [2.05, 4.69) is 143 Å². The Morgan fingerprint density at radius 3 is 1.30 bits per heavy atom. The van der Waals surface area contributed by atoms with Crippen LogP contribution in [0.15, 0.2) is 138 Å². The minimum atomic E-state index is 0. The maximum atomic E-state index is 6.73. The summed E-state index contributed by atoms with van der Waals surface area (Å²) in [7, 11) is 0. The van der Waals surface area contributed by atoms with Gasteiger partial charge < -0.3 is 13.6 Å². The molecule has 0 bridgehead atoms. The van der Waals surface area contributed by atoms with Gasteiger partial charge in [-0.05, 0) is 42.5 Å². The maximum absolute atomic E-state index is 6.73. The summed E-state index contributed by atoms with van der Waals surface area (Å²) in [6, 6.07) is 47.4. The van der Waals surface area contributed by atoms with Crippen LogP contribution in [0.3, 0.4) is 0 Å². The molecule has 0 amide bonds. The largest absolute Gasteiger partial charge is 0.454 e. The van der Waals surface area contributed by atoms with Crippen LogP contribution >= 0.6 is 0 Å². The fourth-order valence-electron chi connectivity index (χ4n) is 6.54. The van der Waals surface area contributed by atoms with Gasteiger partial charge >= 0.3 is 0 Å². The number of rotatable bonds is 2. The molecule has 3 nitrogen and oxygen atoms in total. The monoisotopic (exact) mass is 549 g/mol. The van der Waals surface area contributed by atoms with Gasteiger partial charge in [0, 0.05) is 45.5 Å². The first-order valence-electron chi connectivity index (χ1n) is 13.3. The Labute approximate surface area is 241 Å². The summed E-state index contributed by atoms with van der Waals surface area (Å²) in [5, 5.41) is 7.23. The van der Waals surface area contributed by atoms with Gasteiger partial charge in [0.15, 0.2) is 5.58 Å². The number of hydrogen-bond donors (Lipinski definition) is 0. The molecule has 0 saturated carbocycles. The quantitative estimate of drug-likeness (QED) is 0.210. The van der Waals surface area contributed by atoms with Crippen LogP contribution in [0.4, 0.5) is 0 Å². The van der Waals surface area contributed by atoms with Crippen LogP contribution in [0.25, 0.3) is 76.9 Å². The molecule has 0 unspecified atom stereocenters. The summed E-state index contributed by atoms with van der Waals surface area (Å²) < 4.78 is 11.5. The Bertz CT molecular complexity index is 2300. The SMILES string of the molecule is [V].c1cc(-n2c3ccccc3c3ccccc32)c2c(c1)oc1c(-n3c4ccccc4c4ccccc43)cccc12. The third-order valence-electron chi connectivity index (χ3n) is 8.12. The minimum Gasteiger partial charge on any atom is -0.454 e. The Hall–Kier alpha value is -4.70. The predicted molar refractivity (Wildman–Crippen MR) is 162 cm³/mol. The van der Waals surface area contributed by atoms with Gasteiger partial charge in [0.2, 0.25) is 0 Å². The second kappa shape index (κ2) is 8.66. The van der Waals surface area contributed by atoms with Gasteiger partial charge in [-0.25, -0.2) is 0 Å². The molecule has 0 aliphatic rings. The molecule has 9 rings (SSSR count). The van der Waals surface area contributed by atoms with E-state index >= 15 is 0 Å². The zero-order valence-corrected chi connectivity index (χ0v) is 22.8. The third kappa shape index (κ3) is 3.02. The predicted octanol–water partition coefficient (Wildman–Crippen LogP) is 9.78. The molecule has 0 saturated heterocycles. The molecule has 0 aliphatic heterocycles. The van der Waals surface area contributed by atoms with E-state index in [1.54, 1.807) is 0 Å². The van der Waals surface area contributed by atoms with Crippen molar-refractivity contribution in [1.82, 2.24) is 9.13 Å². The molecule has 0 fully saturated rings. The first-order chi connectivity index (χ1) is 19.4. The molecule has 3 heterocycles. The van der Waals surface area contributed by atoms with Crippen molar-refractivity contribution < 1.29 is 23.0 Å². The Kier molecular flexibility index (Phi) is 5.02. The molecule has 6 aromatic carbocycles. The van der Waals surface area contributed by atoms with Crippen LogP contribution in [0.1, 0.15) is 0 Å². The van der Waals surface area contributed by atoms with E-state index in [1.807, 2.05) is 0 Å². The molecule has 0 aliphatic carbocycles. The van der Waals surface area contributed by atoms with E-state index in [1.165, 1.54) is 43.6 Å². The average molecular weight is 550 g/mol. The van der Waals surface area contributed by atoms with Crippen LogP contribution in [-0.2, 0) is 18.6 Å². The molecular weight excluding hydrogens is 527 g/mol. The first kappa shape index (κ1) is 23.2. The summed E-state index contributed by atoms with van der Waals surface area (Å²) in [6.07, 6.45) is 0. The molecule has 0 spiro atoms. The van der Waals surface area contributed by atoms with E-state index in [0.29, 0.717) is 0 Å². The standard InChI is InChI=1S/C36H22N2O.V/c1-5-16-28-23(11-1)24-12-2-6-17-29(24)37(28)32-20-10-22-34-35(32)27-15-9-21-33(36(27)39-34)38-30-18-7-3-13-25(30)26-14-4-8-19-31(26)38;/h1-22H;. The molecule has 9 aromatic rings. The fraction of sp³-hybridized carbons (Fsp3) is 0. The van der Waals surface area contributed by atoms with Crippen molar-refractivity contribution in [3.05, 3.63) is 133 Å². The molecule has 0 atom stereocenters. The van der Waals surface area contributed by atoms with E-state index < -0.39 is 0 Å². The summed E-state index contributed by atoms with van der Waals surface area (Å²) in [5.41, 5.74) is 8.70. The number of hydrogen-bond acceptors (Lipinski definition) is 1. The summed E-state index contributed by atoms with van der Waals surface area (Å²) >= 11 is 0. The molecule has 40 heavy (non-hydrogen) atoms. The topological polar surface area (TPSA) is 23.0 Å². The smallest absolute Gasteiger partial charge is 0.159 e. The van der Waals surface area contributed by atoms with Crippen LogP contribution in [-0.4, -0.2) is 9.13 Å². The van der Waals surface area contributed by atoms with Crippen molar-refractivity contribution in [3.63, 3.8) is 0 Å². The van der Waals surface area contributed by atoms with Gasteiger partial charge in [-0.2, -0.15) is 0 Å². The molecular formula is C36H22N2OV. The van der Waals surface area contributed by atoms with Crippen molar-refractivity contribution in [2.75, 3.05) is 0 Å². The molecule has 187 valence electrons. The van der Waals surface area contributed by atoms with Crippen LogP contribution in [0, 0.1) is 0 Å². The van der Waals surface area contributed by atoms with E-state index in [-0.39, 0.29) is 18.6 Å². The number of furan rings is 1. The zero-order valence-electron chi connectivity index (χ0n) is 21.5. The second-order valence-corrected chi connectivity index (χ2v) is 10.1. The molecule has 1 radical (unpaired) electrons. The van der Waals surface area contributed by atoms with Crippen LogP contribution < -0.4 is 0 Å². The van der Waals surface area contributed by atoms with Crippen LogP contribution in [0.2, 0.25) is 0 Å². The van der Waals surface area contributed by atoms with Gasteiger partial charge in [0.1, 0.15) is 5.58 Å². The van der Waals surface area contributed by atoms with Gasteiger partial charge in [-0.3, -0.25) is 0 Å². The Morgan fingerprint density at radius 1 is 0.375 bits per heavy atom. The van der Waals surface area contributed by atoms with Crippen LogP contribution in [0.5, 0.6) is 0 Å². The van der Waals surface area contributed by atoms with Crippen molar-refractivity contribution in [3.8, 4) is 11.4 Å². The van der Waals surface area contributed by atoms with Crippen molar-refractivity contribution >= 4 is 65.6 Å². The van der Waals surface area contributed by atoms with Crippen molar-refractivity contribution in [1.29, 1.82) is 0 Å². The van der Waals surface area contributed by atoms with E-state index in [0.717, 1.165) is 33.3 Å². The molecule has 4 heteroatoms. The zero-order chi connectivity index (χ0) is 25.5. The fourth-order valence-corrected chi connectivity index (χ4v) is 6.54. The Balaban J connectivity index is 0.00000245. The Morgan fingerprint density at radius 2 is 0.775 bits per heavy atom. The van der Waals surface area contributed by atoms with Gasteiger partial charge in [-0.1, -0.05) is 91.0 Å².